The summed E-state index contributed by atoms with van der Waals surface area (Å²) >= 11 is 0. The molecule has 16 heavy (non-hydrogen) atoms. The molecule has 2 rings (SSSR count). The third kappa shape index (κ3) is 1.89. The van der Waals surface area contributed by atoms with Crippen LogP contribution >= 0.6 is 0 Å². The van der Waals surface area contributed by atoms with E-state index in [1.54, 1.807) is 7.11 Å². The predicted molar refractivity (Wildman–Crippen MR) is 55.7 cm³/mol. The number of hydrogen-bond donors (Lipinski definition) is 1. The smallest absolute Gasteiger partial charge is 0.186 e. The lowest BCUT2D eigenvalue weighted by atomic mass is 10.1. The van der Waals surface area contributed by atoms with Crippen LogP contribution in [-0.4, -0.2) is 48.7 Å². The van der Waals surface area contributed by atoms with Crippen LogP contribution < -0.4 is 0 Å². The Bertz CT molecular complexity index is 278. The van der Waals surface area contributed by atoms with Crippen LogP contribution in [0.5, 0.6) is 0 Å². The predicted octanol–water partition coefficient (Wildman–Crippen LogP) is 0.425. The Labute approximate surface area is 94.9 Å². The zero-order valence-electron chi connectivity index (χ0n) is 9.75. The molecule has 0 spiro atoms. The first kappa shape index (κ1) is 12.0. The third-order valence-electron chi connectivity index (χ3n) is 2.86. The van der Waals surface area contributed by atoms with Crippen molar-refractivity contribution < 1.29 is 24.1 Å². The number of aliphatic hydroxyl groups excluding tert-OH is 1. The Kier molecular flexibility index (Phi) is 3.07. The SMILES string of the molecule is C=C[C@H](O)[C@H]1O[C@@H](OC)[C@@H]2OC(C)(C)O[C@@H]21. The van der Waals surface area contributed by atoms with Crippen LogP contribution in [0.15, 0.2) is 12.7 Å². The van der Waals surface area contributed by atoms with Gasteiger partial charge in [0.1, 0.15) is 24.4 Å². The summed E-state index contributed by atoms with van der Waals surface area (Å²) in [7, 11) is 1.54. The van der Waals surface area contributed by atoms with Crippen LogP contribution in [0, 0.1) is 0 Å². The summed E-state index contributed by atoms with van der Waals surface area (Å²) < 4.78 is 22.1. The molecule has 0 aliphatic carbocycles. The van der Waals surface area contributed by atoms with Crippen molar-refractivity contribution in [3.63, 3.8) is 0 Å². The maximum absolute atomic E-state index is 9.75. The largest absolute Gasteiger partial charge is 0.386 e. The molecule has 0 aromatic heterocycles. The molecule has 2 aliphatic heterocycles. The van der Waals surface area contributed by atoms with Gasteiger partial charge in [-0.05, 0) is 13.8 Å². The molecule has 2 saturated heterocycles. The second-order valence-electron chi connectivity index (χ2n) is 4.50. The number of methoxy groups -OCH3 is 1. The van der Waals surface area contributed by atoms with Gasteiger partial charge >= 0.3 is 0 Å². The average molecular weight is 230 g/mol. The van der Waals surface area contributed by atoms with Gasteiger partial charge in [0.05, 0.1) is 0 Å². The van der Waals surface area contributed by atoms with E-state index in [-0.39, 0.29) is 12.2 Å². The summed E-state index contributed by atoms with van der Waals surface area (Å²) in [6.07, 6.45) is -0.993. The van der Waals surface area contributed by atoms with Gasteiger partial charge in [0.25, 0.3) is 0 Å². The molecular weight excluding hydrogens is 212 g/mol. The molecule has 0 saturated carbocycles. The van der Waals surface area contributed by atoms with Gasteiger partial charge in [-0.25, -0.2) is 0 Å². The van der Waals surface area contributed by atoms with Gasteiger partial charge in [0, 0.05) is 7.11 Å². The highest BCUT2D eigenvalue weighted by molar-refractivity contribution is 5.01. The maximum atomic E-state index is 9.75. The normalized spacial score (nSPS) is 43.0. The van der Waals surface area contributed by atoms with Crippen LogP contribution in [0.2, 0.25) is 0 Å². The van der Waals surface area contributed by atoms with Crippen molar-refractivity contribution in [2.24, 2.45) is 0 Å². The molecule has 2 fully saturated rings. The number of fused-ring (bicyclic) bond motifs is 1. The number of ether oxygens (including phenoxy) is 4. The number of aliphatic hydroxyl groups is 1. The molecule has 1 N–H and O–H groups in total. The summed E-state index contributed by atoms with van der Waals surface area (Å²) in [5.41, 5.74) is 0. The van der Waals surface area contributed by atoms with E-state index in [9.17, 15) is 5.11 Å². The van der Waals surface area contributed by atoms with E-state index in [0.29, 0.717) is 0 Å². The fraction of sp³-hybridized carbons (Fsp3) is 0.818. The Balaban J connectivity index is 2.17. The van der Waals surface area contributed by atoms with Gasteiger partial charge in [-0.2, -0.15) is 0 Å². The zero-order chi connectivity index (χ0) is 11.9. The van der Waals surface area contributed by atoms with Crippen LogP contribution in [0.25, 0.3) is 0 Å². The molecule has 2 aliphatic rings. The minimum atomic E-state index is -0.787. The van der Waals surface area contributed by atoms with Crippen molar-refractivity contribution in [2.75, 3.05) is 7.11 Å². The molecule has 0 unspecified atom stereocenters. The van der Waals surface area contributed by atoms with Gasteiger partial charge in [-0.15, -0.1) is 6.58 Å². The van der Waals surface area contributed by atoms with E-state index >= 15 is 0 Å². The first-order chi connectivity index (χ1) is 7.48. The quantitative estimate of drug-likeness (QED) is 0.712. The molecule has 5 heteroatoms. The molecule has 0 bridgehead atoms. The summed E-state index contributed by atoms with van der Waals surface area (Å²) in [6.45, 7) is 7.20. The first-order valence-corrected chi connectivity index (χ1v) is 5.33. The maximum Gasteiger partial charge on any atom is 0.186 e. The molecular formula is C11H18O5. The van der Waals surface area contributed by atoms with E-state index in [2.05, 4.69) is 6.58 Å². The number of hydrogen-bond acceptors (Lipinski definition) is 5. The zero-order valence-corrected chi connectivity index (χ0v) is 9.75. The Hall–Kier alpha value is -0.460. The Morgan fingerprint density at radius 3 is 2.56 bits per heavy atom. The van der Waals surface area contributed by atoms with E-state index in [1.165, 1.54) is 6.08 Å². The molecule has 0 aromatic rings. The first-order valence-electron chi connectivity index (χ1n) is 5.33. The standard InChI is InChI=1S/C11H18O5/c1-5-6(12)7-8-9(10(13-4)14-7)16-11(2,3)15-8/h5-10,12H,1H2,2-4H3/t6-,7+,8+,9+,10+/m0/s1. The van der Waals surface area contributed by atoms with Crippen molar-refractivity contribution in [1.29, 1.82) is 0 Å². The molecule has 0 radical (unpaired) electrons. The highest BCUT2D eigenvalue weighted by Crippen LogP contribution is 2.39. The molecule has 5 nitrogen and oxygen atoms in total. The summed E-state index contributed by atoms with van der Waals surface area (Å²) in [6, 6.07) is 0. The topological polar surface area (TPSA) is 57.2 Å². The second-order valence-corrected chi connectivity index (χ2v) is 4.50. The minimum absolute atomic E-state index is 0.306. The summed E-state index contributed by atoms with van der Waals surface area (Å²) in [5, 5.41) is 9.75. The van der Waals surface area contributed by atoms with Crippen LogP contribution in [0.4, 0.5) is 0 Å². The van der Waals surface area contributed by atoms with Crippen molar-refractivity contribution >= 4 is 0 Å². The Morgan fingerprint density at radius 1 is 1.38 bits per heavy atom. The summed E-state index contributed by atoms with van der Waals surface area (Å²) in [5.74, 6) is -0.672. The highest BCUT2D eigenvalue weighted by atomic mass is 16.8. The van der Waals surface area contributed by atoms with E-state index < -0.39 is 24.3 Å². The van der Waals surface area contributed by atoms with E-state index in [1.807, 2.05) is 13.8 Å². The van der Waals surface area contributed by atoms with Crippen molar-refractivity contribution in [1.82, 2.24) is 0 Å². The fourth-order valence-electron chi connectivity index (χ4n) is 2.19. The minimum Gasteiger partial charge on any atom is -0.386 e. The van der Waals surface area contributed by atoms with Crippen molar-refractivity contribution in [2.45, 2.75) is 50.3 Å². The highest BCUT2D eigenvalue weighted by Gasteiger charge is 2.56. The second kappa shape index (κ2) is 4.09. The van der Waals surface area contributed by atoms with Crippen LogP contribution in [-0.2, 0) is 18.9 Å². The molecule has 0 aromatic carbocycles. The van der Waals surface area contributed by atoms with Crippen molar-refractivity contribution in [3.8, 4) is 0 Å². The van der Waals surface area contributed by atoms with E-state index in [4.69, 9.17) is 18.9 Å². The van der Waals surface area contributed by atoms with E-state index in [0.717, 1.165) is 0 Å². The van der Waals surface area contributed by atoms with Gasteiger partial charge in [-0.3, -0.25) is 0 Å². The van der Waals surface area contributed by atoms with Gasteiger partial charge in [-0.1, -0.05) is 6.08 Å². The fourth-order valence-corrected chi connectivity index (χ4v) is 2.19. The Morgan fingerprint density at radius 2 is 2.00 bits per heavy atom. The van der Waals surface area contributed by atoms with Gasteiger partial charge in [0.2, 0.25) is 0 Å². The molecule has 92 valence electrons. The lowest BCUT2D eigenvalue weighted by molar-refractivity contribution is -0.234. The van der Waals surface area contributed by atoms with Crippen molar-refractivity contribution in [3.05, 3.63) is 12.7 Å². The molecule has 2 heterocycles. The monoisotopic (exact) mass is 230 g/mol. The third-order valence-corrected chi connectivity index (χ3v) is 2.86. The average Bonchev–Trinajstić information content (AvgIpc) is 2.69. The van der Waals surface area contributed by atoms with Crippen LogP contribution in [0.1, 0.15) is 13.8 Å². The lowest BCUT2D eigenvalue weighted by Crippen LogP contribution is -2.37. The van der Waals surface area contributed by atoms with Crippen LogP contribution in [0.3, 0.4) is 0 Å². The van der Waals surface area contributed by atoms with Gasteiger partial charge in [0.15, 0.2) is 12.1 Å². The van der Waals surface area contributed by atoms with Gasteiger partial charge < -0.3 is 24.1 Å². The molecule has 5 atom stereocenters. The molecule has 0 amide bonds. The lowest BCUT2D eigenvalue weighted by Gasteiger charge is -2.24. The summed E-state index contributed by atoms with van der Waals surface area (Å²) in [4.78, 5) is 0. The number of rotatable bonds is 3.